The molecule has 0 N–H and O–H groups in total. The van der Waals surface area contributed by atoms with Crippen LogP contribution in [0.2, 0.25) is 0 Å². The van der Waals surface area contributed by atoms with Crippen molar-refractivity contribution < 1.29 is 17.6 Å². The molecule has 136 valence electrons. The number of rotatable bonds is 3. The zero-order valence-corrected chi connectivity index (χ0v) is 15.0. The molecule has 2 aromatic heterocycles. The highest BCUT2D eigenvalue weighted by molar-refractivity contribution is 7.98. The molecule has 0 aliphatic rings. The minimum atomic E-state index is -4.53. The van der Waals surface area contributed by atoms with Crippen LogP contribution in [-0.2, 0) is 11.6 Å². The molecule has 5 nitrogen and oxygen atoms in total. The first-order chi connectivity index (χ1) is 12.1. The number of benzene rings is 1. The largest absolute Gasteiger partial charge is 0.433 e. The van der Waals surface area contributed by atoms with Crippen molar-refractivity contribution in [1.82, 2.24) is 20.2 Å². The second kappa shape index (κ2) is 6.71. The second-order valence-corrected chi connectivity index (χ2v) is 7.44. The van der Waals surface area contributed by atoms with Gasteiger partial charge in [-0.25, -0.2) is 9.97 Å². The molecule has 0 radical (unpaired) electrons. The Morgan fingerprint density at radius 3 is 2.27 bits per heavy atom. The van der Waals surface area contributed by atoms with Crippen LogP contribution in [0.5, 0.6) is 0 Å². The van der Waals surface area contributed by atoms with E-state index in [0.717, 1.165) is 35.2 Å². The highest BCUT2D eigenvalue weighted by Crippen LogP contribution is 2.31. The molecule has 0 saturated carbocycles. The van der Waals surface area contributed by atoms with E-state index in [0.29, 0.717) is 0 Å². The van der Waals surface area contributed by atoms with Gasteiger partial charge in [-0.1, -0.05) is 32.9 Å². The van der Waals surface area contributed by atoms with Crippen LogP contribution in [0.3, 0.4) is 0 Å². The third kappa shape index (κ3) is 4.21. The Morgan fingerprint density at radius 1 is 0.962 bits per heavy atom. The molecular weight excluding hydrogens is 365 g/mol. The number of hydrogen-bond donors (Lipinski definition) is 0. The molecule has 0 saturated heterocycles. The van der Waals surface area contributed by atoms with Crippen molar-refractivity contribution in [2.45, 2.75) is 42.7 Å². The van der Waals surface area contributed by atoms with Gasteiger partial charge in [-0.15, -0.1) is 10.2 Å². The van der Waals surface area contributed by atoms with E-state index < -0.39 is 11.9 Å². The molecule has 0 spiro atoms. The van der Waals surface area contributed by atoms with Gasteiger partial charge in [0.15, 0.2) is 5.16 Å². The lowest BCUT2D eigenvalue weighted by Gasteiger charge is -2.18. The van der Waals surface area contributed by atoms with Crippen molar-refractivity contribution in [3.63, 3.8) is 0 Å². The molecule has 0 aliphatic heterocycles. The summed E-state index contributed by atoms with van der Waals surface area (Å²) < 4.78 is 43.6. The molecule has 3 rings (SSSR count). The summed E-state index contributed by atoms with van der Waals surface area (Å²) >= 11 is 0.778. The van der Waals surface area contributed by atoms with Crippen LogP contribution in [0.4, 0.5) is 13.2 Å². The average Bonchev–Trinajstić information content (AvgIpc) is 3.02. The van der Waals surface area contributed by atoms with E-state index in [1.807, 2.05) is 24.3 Å². The van der Waals surface area contributed by atoms with Crippen LogP contribution in [-0.4, -0.2) is 20.2 Å². The zero-order valence-electron chi connectivity index (χ0n) is 14.2. The van der Waals surface area contributed by atoms with Crippen molar-refractivity contribution in [2.75, 3.05) is 0 Å². The predicted molar refractivity (Wildman–Crippen MR) is 89.6 cm³/mol. The minimum Gasteiger partial charge on any atom is -0.411 e. The number of nitrogens with zero attached hydrogens (tertiary/aromatic N) is 4. The topological polar surface area (TPSA) is 64.7 Å². The lowest BCUT2D eigenvalue weighted by molar-refractivity contribution is -0.141. The highest BCUT2D eigenvalue weighted by Gasteiger charge is 2.33. The van der Waals surface area contributed by atoms with E-state index in [4.69, 9.17) is 4.42 Å². The third-order valence-electron chi connectivity index (χ3n) is 3.51. The summed E-state index contributed by atoms with van der Waals surface area (Å²) in [5.74, 6) is 0.278. The molecule has 2 heterocycles. The maximum atomic E-state index is 12.7. The zero-order chi connectivity index (χ0) is 18.9. The van der Waals surface area contributed by atoms with E-state index in [-0.39, 0.29) is 21.7 Å². The Labute approximate surface area is 152 Å². The summed E-state index contributed by atoms with van der Waals surface area (Å²) in [6, 6.07) is 8.48. The Kier molecular flexibility index (Phi) is 4.74. The lowest BCUT2D eigenvalue weighted by atomic mass is 9.87. The summed E-state index contributed by atoms with van der Waals surface area (Å²) in [4.78, 5) is 7.25. The molecule has 1 aromatic carbocycles. The Morgan fingerprint density at radius 2 is 1.65 bits per heavy atom. The van der Waals surface area contributed by atoms with Gasteiger partial charge in [0.25, 0.3) is 5.22 Å². The van der Waals surface area contributed by atoms with Crippen molar-refractivity contribution >= 4 is 11.8 Å². The molecule has 3 aromatic rings. The third-order valence-corrected chi connectivity index (χ3v) is 4.23. The number of alkyl halides is 3. The molecule has 0 fully saturated rings. The standard InChI is InChI=1S/C17H15F3N4OS/c1-16(2,3)11-6-4-10(5-7-11)13-23-24-15(25-13)26-14-21-9-8-12(22-14)17(18,19)20/h4-9H,1-3H3. The highest BCUT2D eigenvalue weighted by atomic mass is 32.2. The van der Waals surface area contributed by atoms with Crippen LogP contribution < -0.4 is 0 Å². The summed E-state index contributed by atoms with van der Waals surface area (Å²) in [6.07, 6.45) is -3.49. The van der Waals surface area contributed by atoms with Gasteiger partial charge in [-0.3, -0.25) is 0 Å². The predicted octanol–water partition coefficient (Wildman–Crippen LogP) is 4.99. The minimum absolute atomic E-state index is 0.0230. The maximum Gasteiger partial charge on any atom is 0.433 e. The SMILES string of the molecule is CC(C)(C)c1ccc(-c2nnc(Sc3nccc(C(F)(F)F)n3)o2)cc1. The maximum absolute atomic E-state index is 12.7. The first-order valence-corrected chi connectivity index (χ1v) is 8.47. The molecule has 0 atom stereocenters. The Hall–Kier alpha value is -2.42. The Balaban J connectivity index is 1.78. The van der Waals surface area contributed by atoms with Crippen LogP contribution in [0.1, 0.15) is 32.0 Å². The summed E-state index contributed by atoms with van der Waals surface area (Å²) in [5, 5.41) is 7.72. The molecule has 26 heavy (non-hydrogen) atoms. The van der Waals surface area contributed by atoms with Gasteiger partial charge >= 0.3 is 6.18 Å². The molecule has 0 aliphatic carbocycles. The number of halogens is 3. The van der Waals surface area contributed by atoms with Crippen molar-refractivity contribution in [1.29, 1.82) is 0 Å². The van der Waals surface area contributed by atoms with Crippen LogP contribution in [0, 0.1) is 0 Å². The fraction of sp³-hybridized carbons (Fsp3) is 0.294. The fourth-order valence-corrected chi connectivity index (χ4v) is 2.72. The Bertz CT molecular complexity index is 901. The van der Waals surface area contributed by atoms with E-state index in [2.05, 4.69) is 40.9 Å². The lowest BCUT2D eigenvalue weighted by Crippen LogP contribution is -2.10. The molecule has 0 unspecified atom stereocenters. The van der Waals surface area contributed by atoms with Crippen LogP contribution >= 0.6 is 11.8 Å². The van der Waals surface area contributed by atoms with Gasteiger partial charge in [-0.05, 0) is 29.2 Å². The molecule has 0 bridgehead atoms. The van der Waals surface area contributed by atoms with Crippen LogP contribution in [0.25, 0.3) is 11.5 Å². The summed E-state index contributed by atoms with van der Waals surface area (Å²) in [6.45, 7) is 6.33. The molecular formula is C17H15F3N4OS. The number of hydrogen-bond acceptors (Lipinski definition) is 6. The quantitative estimate of drug-likeness (QED) is 0.596. The van der Waals surface area contributed by atoms with Crippen LogP contribution in [0.15, 0.2) is 51.3 Å². The van der Waals surface area contributed by atoms with E-state index >= 15 is 0 Å². The summed E-state index contributed by atoms with van der Waals surface area (Å²) in [7, 11) is 0. The van der Waals surface area contributed by atoms with Crippen molar-refractivity contribution in [3.8, 4) is 11.5 Å². The molecule has 9 heteroatoms. The second-order valence-electron chi connectivity index (χ2n) is 6.52. The molecule has 0 amide bonds. The van der Waals surface area contributed by atoms with Gasteiger partial charge < -0.3 is 4.42 Å². The van der Waals surface area contributed by atoms with Gasteiger partial charge in [0.2, 0.25) is 5.89 Å². The monoisotopic (exact) mass is 380 g/mol. The fourth-order valence-electron chi connectivity index (χ4n) is 2.11. The van der Waals surface area contributed by atoms with E-state index in [1.165, 1.54) is 0 Å². The first kappa shape index (κ1) is 18.4. The average molecular weight is 380 g/mol. The smallest absolute Gasteiger partial charge is 0.411 e. The van der Waals surface area contributed by atoms with E-state index in [9.17, 15) is 13.2 Å². The van der Waals surface area contributed by atoms with Gasteiger partial charge in [0.05, 0.1) is 0 Å². The van der Waals surface area contributed by atoms with Crippen molar-refractivity contribution in [2.24, 2.45) is 0 Å². The van der Waals surface area contributed by atoms with Gasteiger partial charge in [0.1, 0.15) is 5.69 Å². The van der Waals surface area contributed by atoms with Crippen molar-refractivity contribution in [3.05, 3.63) is 47.8 Å². The number of aromatic nitrogens is 4. The van der Waals surface area contributed by atoms with E-state index in [1.54, 1.807) is 0 Å². The summed E-state index contributed by atoms with van der Waals surface area (Å²) in [5.41, 5.74) is 0.887. The normalized spacial score (nSPS) is 12.4. The van der Waals surface area contributed by atoms with Gasteiger partial charge in [0, 0.05) is 23.5 Å². The first-order valence-electron chi connectivity index (χ1n) is 7.65. The van der Waals surface area contributed by atoms with Gasteiger partial charge in [-0.2, -0.15) is 13.2 Å².